The van der Waals surface area contributed by atoms with Crippen LogP contribution >= 0.6 is 11.3 Å². The third kappa shape index (κ3) is 2.81. The fraction of sp³-hybridized carbons (Fsp3) is 0.286. The highest BCUT2D eigenvalue weighted by molar-refractivity contribution is 7.07. The van der Waals surface area contributed by atoms with Crippen molar-refractivity contribution in [1.29, 1.82) is 0 Å². The van der Waals surface area contributed by atoms with E-state index < -0.39 is 5.95 Å². The normalized spacial score (nSPS) is 14.4. The van der Waals surface area contributed by atoms with Crippen molar-refractivity contribution in [3.05, 3.63) is 52.2 Å². The number of halogens is 1. The molecule has 98 valence electrons. The van der Waals surface area contributed by atoms with Gasteiger partial charge in [0.2, 0.25) is 5.95 Å². The van der Waals surface area contributed by atoms with E-state index >= 15 is 0 Å². The third-order valence-corrected chi connectivity index (χ3v) is 3.85. The van der Waals surface area contributed by atoms with Gasteiger partial charge in [-0.3, -0.25) is 4.79 Å². The number of nitrogens with zero attached hydrogens (tertiary/aromatic N) is 2. The molecular formula is C14H13FN2OS. The molecule has 1 aliphatic rings. The van der Waals surface area contributed by atoms with Crippen LogP contribution in [0, 0.1) is 5.95 Å². The van der Waals surface area contributed by atoms with E-state index in [2.05, 4.69) is 4.98 Å². The standard InChI is InChI=1S/C14H13FN2OS/c15-13-3-1-2-12(16-13)14(18)17(11-4-5-11)8-10-6-7-19-9-10/h1-3,6-7,9,11H,4-5,8H2. The first-order valence-corrected chi connectivity index (χ1v) is 7.13. The Kier molecular flexibility index (Phi) is 3.29. The Hall–Kier alpha value is -1.75. The van der Waals surface area contributed by atoms with Gasteiger partial charge in [0.25, 0.3) is 5.91 Å². The van der Waals surface area contributed by atoms with Crippen molar-refractivity contribution in [2.75, 3.05) is 0 Å². The summed E-state index contributed by atoms with van der Waals surface area (Å²) in [6.07, 6.45) is 2.04. The molecule has 0 bridgehead atoms. The van der Waals surface area contributed by atoms with Gasteiger partial charge in [0, 0.05) is 12.6 Å². The van der Waals surface area contributed by atoms with Gasteiger partial charge in [0.05, 0.1) is 0 Å². The molecule has 19 heavy (non-hydrogen) atoms. The number of hydrogen-bond acceptors (Lipinski definition) is 3. The first-order chi connectivity index (χ1) is 9.24. The van der Waals surface area contributed by atoms with E-state index in [0.29, 0.717) is 6.54 Å². The molecule has 1 amide bonds. The van der Waals surface area contributed by atoms with Gasteiger partial charge >= 0.3 is 0 Å². The molecule has 0 atom stereocenters. The lowest BCUT2D eigenvalue weighted by molar-refractivity contribution is 0.0723. The number of pyridine rings is 1. The Morgan fingerprint density at radius 1 is 1.42 bits per heavy atom. The number of aromatic nitrogens is 1. The Morgan fingerprint density at radius 2 is 2.26 bits per heavy atom. The van der Waals surface area contributed by atoms with Gasteiger partial charge in [0.1, 0.15) is 5.69 Å². The molecule has 1 aliphatic carbocycles. The molecule has 1 fully saturated rings. The van der Waals surface area contributed by atoms with Gasteiger partial charge < -0.3 is 4.90 Å². The van der Waals surface area contributed by atoms with Gasteiger partial charge in [0.15, 0.2) is 0 Å². The van der Waals surface area contributed by atoms with E-state index in [9.17, 15) is 9.18 Å². The molecule has 0 saturated heterocycles. The fourth-order valence-electron chi connectivity index (χ4n) is 2.01. The van der Waals surface area contributed by atoms with Crippen molar-refractivity contribution in [3.63, 3.8) is 0 Å². The van der Waals surface area contributed by atoms with Crippen LogP contribution in [0.1, 0.15) is 28.9 Å². The van der Waals surface area contributed by atoms with E-state index in [-0.39, 0.29) is 17.6 Å². The molecule has 3 nitrogen and oxygen atoms in total. The molecule has 2 aromatic rings. The van der Waals surface area contributed by atoms with Crippen LogP contribution in [0.3, 0.4) is 0 Å². The van der Waals surface area contributed by atoms with Crippen molar-refractivity contribution in [2.24, 2.45) is 0 Å². The second-order valence-corrected chi connectivity index (χ2v) is 5.42. The fourth-order valence-corrected chi connectivity index (χ4v) is 2.67. The van der Waals surface area contributed by atoms with Gasteiger partial charge in [-0.25, -0.2) is 4.98 Å². The summed E-state index contributed by atoms with van der Waals surface area (Å²) in [5.41, 5.74) is 1.30. The van der Waals surface area contributed by atoms with E-state index in [1.807, 2.05) is 16.8 Å². The maximum Gasteiger partial charge on any atom is 0.273 e. The lowest BCUT2D eigenvalue weighted by Crippen LogP contribution is -2.33. The van der Waals surface area contributed by atoms with Crippen molar-refractivity contribution in [2.45, 2.75) is 25.4 Å². The Morgan fingerprint density at radius 3 is 2.89 bits per heavy atom. The Balaban J connectivity index is 1.82. The number of amides is 1. The van der Waals surface area contributed by atoms with Gasteiger partial charge in [-0.2, -0.15) is 15.7 Å². The van der Waals surface area contributed by atoms with Crippen molar-refractivity contribution in [1.82, 2.24) is 9.88 Å². The summed E-state index contributed by atoms with van der Waals surface area (Å²) in [7, 11) is 0. The van der Waals surface area contributed by atoms with Crippen LogP contribution < -0.4 is 0 Å². The first kappa shape index (κ1) is 12.3. The maximum absolute atomic E-state index is 13.1. The zero-order valence-corrected chi connectivity index (χ0v) is 11.1. The molecule has 2 aromatic heterocycles. The largest absolute Gasteiger partial charge is 0.330 e. The van der Waals surface area contributed by atoms with E-state index in [1.165, 1.54) is 12.1 Å². The molecule has 0 unspecified atom stereocenters. The van der Waals surface area contributed by atoms with Gasteiger partial charge in [-0.1, -0.05) is 6.07 Å². The molecule has 1 saturated carbocycles. The lowest BCUT2D eigenvalue weighted by Gasteiger charge is -2.21. The SMILES string of the molecule is O=C(c1cccc(F)n1)N(Cc1ccsc1)C1CC1. The molecule has 0 aliphatic heterocycles. The highest BCUT2D eigenvalue weighted by atomic mass is 32.1. The summed E-state index contributed by atoms with van der Waals surface area (Å²) >= 11 is 1.61. The minimum atomic E-state index is -0.614. The highest BCUT2D eigenvalue weighted by Gasteiger charge is 2.33. The molecule has 0 N–H and O–H groups in total. The van der Waals surface area contributed by atoms with E-state index in [4.69, 9.17) is 0 Å². The van der Waals surface area contributed by atoms with Gasteiger partial charge in [-0.05, 0) is 47.4 Å². The zero-order chi connectivity index (χ0) is 13.2. The molecular weight excluding hydrogens is 263 g/mol. The molecule has 0 aromatic carbocycles. The number of carbonyl (C=O) groups is 1. The predicted octanol–water partition coefficient (Wildman–Crippen LogP) is 3.09. The topological polar surface area (TPSA) is 33.2 Å². The number of hydrogen-bond donors (Lipinski definition) is 0. The average molecular weight is 276 g/mol. The molecule has 0 radical (unpaired) electrons. The smallest absolute Gasteiger partial charge is 0.273 e. The monoisotopic (exact) mass is 276 g/mol. The van der Waals surface area contributed by atoms with Crippen LogP contribution in [-0.2, 0) is 6.54 Å². The summed E-state index contributed by atoms with van der Waals surface area (Å²) in [4.78, 5) is 17.9. The summed E-state index contributed by atoms with van der Waals surface area (Å²) in [5.74, 6) is -0.801. The van der Waals surface area contributed by atoms with Crippen molar-refractivity contribution < 1.29 is 9.18 Å². The Labute approximate surface area is 114 Å². The van der Waals surface area contributed by atoms with Crippen molar-refractivity contribution >= 4 is 17.2 Å². The second kappa shape index (κ2) is 5.09. The van der Waals surface area contributed by atoms with Crippen molar-refractivity contribution in [3.8, 4) is 0 Å². The van der Waals surface area contributed by atoms with Crippen LogP contribution in [0.25, 0.3) is 0 Å². The summed E-state index contributed by atoms with van der Waals surface area (Å²) < 4.78 is 13.1. The van der Waals surface area contributed by atoms with Crippen LogP contribution in [0.2, 0.25) is 0 Å². The summed E-state index contributed by atoms with van der Waals surface area (Å²) in [5, 5.41) is 4.02. The quantitative estimate of drug-likeness (QED) is 0.804. The second-order valence-electron chi connectivity index (χ2n) is 4.64. The van der Waals surface area contributed by atoms with E-state index in [1.54, 1.807) is 22.3 Å². The predicted molar refractivity (Wildman–Crippen MR) is 71.4 cm³/mol. The van der Waals surface area contributed by atoms with Gasteiger partial charge in [-0.15, -0.1) is 0 Å². The highest BCUT2D eigenvalue weighted by Crippen LogP contribution is 2.29. The third-order valence-electron chi connectivity index (χ3n) is 3.12. The number of rotatable bonds is 4. The lowest BCUT2D eigenvalue weighted by atomic mass is 10.2. The van der Waals surface area contributed by atoms with Crippen LogP contribution in [0.15, 0.2) is 35.0 Å². The van der Waals surface area contributed by atoms with Crippen LogP contribution in [0.4, 0.5) is 4.39 Å². The molecule has 3 rings (SSSR count). The van der Waals surface area contributed by atoms with Crippen LogP contribution in [0.5, 0.6) is 0 Å². The number of carbonyl (C=O) groups excluding carboxylic acids is 1. The molecule has 2 heterocycles. The number of thiophene rings is 1. The maximum atomic E-state index is 13.1. The molecule has 0 spiro atoms. The zero-order valence-electron chi connectivity index (χ0n) is 10.3. The summed E-state index contributed by atoms with van der Waals surface area (Å²) in [6, 6.07) is 6.61. The summed E-state index contributed by atoms with van der Waals surface area (Å²) in [6.45, 7) is 0.575. The van der Waals surface area contributed by atoms with E-state index in [0.717, 1.165) is 18.4 Å². The minimum Gasteiger partial charge on any atom is -0.330 e. The van der Waals surface area contributed by atoms with Crippen LogP contribution in [-0.4, -0.2) is 21.8 Å². The Bertz CT molecular complexity index is 581. The average Bonchev–Trinajstić information content (AvgIpc) is 3.12. The first-order valence-electron chi connectivity index (χ1n) is 6.18. The molecule has 5 heteroatoms. The minimum absolute atomic E-state index is 0.183.